The number of nitrogens with one attached hydrogen (secondary N) is 1. The number of aryl methyl sites for hydroxylation is 1. The van der Waals surface area contributed by atoms with Crippen LogP contribution in [0, 0.1) is 24.7 Å². The topological polar surface area (TPSA) is 49.3 Å². The molecule has 3 nitrogen and oxygen atoms in total. The van der Waals surface area contributed by atoms with E-state index in [1.807, 2.05) is 32.0 Å². The van der Waals surface area contributed by atoms with Gasteiger partial charge >= 0.3 is 0 Å². The summed E-state index contributed by atoms with van der Waals surface area (Å²) in [6.07, 6.45) is 1.86. The van der Waals surface area contributed by atoms with Crippen molar-refractivity contribution in [2.75, 3.05) is 11.9 Å². The summed E-state index contributed by atoms with van der Waals surface area (Å²) in [7, 11) is 0. The summed E-state index contributed by atoms with van der Waals surface area (Å²) in [5.74, 6) is 5.48. The summed E-state index contributed by atoms with van der Waals surface area (Å²) in [5, 5.41) is 11.7. The molecule has 0 heterocycles. The van der Waals surface area contributed by atoms with Crippen LogP contribution in [0.4, 0.5) is 5.69 Å². The Kier molecular flexibility index (Phi) is 6.11. The number of hydrogen-bond acceptors (Lipinski definition) is 2. The molecule has 0 bridgehead atoms. The van der Waals surface area contributed by atoms with Crippen molar-refractivity contribution in [2.45, 2.75) is 33.6 Å². The van der Waals surface area contributed by atoms with Crippen LogP contribution in [-0.4, -0.2) is 17.6 Å². The molecule has 1 atom stereocenters. The lowest BCUT2D eigenvalue weighted by molar-refractivity contribution is -0.119. The third kappa shape index (κ3) is 4.76. The molecule has 0 aliphatic heterocycles. The zero-order valence-electron chi connectivity index (χ0n) is 11.8. The Bertz CT molecular complexity index is 497. The Morgan fingerprint density at radius 2 is 2.21 bits per heavy atom. The van der Waals surface area contributed by atoms with Gasteiger partial charge in [-0.2, -0.15) is 0 Å². The molecule has 1 unspecified atom stereocenters. The molecular formula is C16H21NO2. The average molecular weight is 259 g/mol. The number of aliphatic hydroxyl groups excluding tert-OH is 1. The molecule has 0 saturated heterocycles. The fraction of sp³-hybridized carbons (Fsp3) is 0.438. The van der Waals surface area contributed by atoms with Gasteiger partial charge in [0.25, 0.3) is 0 Å². The monoisotopic (exact) mass is 259 g/mol. The number of carbonyl (C=O) groups excluding carboxylic acids is 1. The van der Waals surface area contributed by atoms with Crippen LogP contribution in [0.15, 0.2) is 18.2 Å². The molecule has 3 heteroatoms. The van der Waals surface area contributed by atoms with E-state index >= 15 is 0 Å². The second kappa shape index (κ2) is 7.60. The van der Waals surface area contributed by atoms with Crippen LogP contribution in [0.2, 0.25) is 0 Å². The summed E-state index contributed by atoms with van der Waals surface area (Å²) in [5.41, 5.74) is 2.52. The fourth-order valence-electron chi connectivity index (χ4n) is 1.83. The molecule has 0 aliphatic carbocycles. The second-order valence-electron chi connectivity index (χ2n) is 4.69. The Morgan fingerprint density at radius 1 is 1.47 bits per heavy atom. The predicted molar refractivity (Wildman–Crippen MR) is 77.8 cm³/mol. The normalized spacial score (nSPS) is 11.4. The predicted octanol–water partition coefficient (Wildman–Crippen LogP) is 2.71. The van der Waals surface area contributed by atoms with Gasteiger partial charge in [-0.05, 0) is 31.0 Å². The van der Waals surface area contributed by atoms with E-state index in [9.17, 15) is 4.79 Å². The molecule has 0 spiro atoms. The Balaban J connectivity index is 2.91. The quantitative estimate of drug-likeness (QED) is 0.817. The lowest BCUT2D eigenvalue weighted by atomic mass is 10.0. The number of amides is 1. The molecule has 1 rings (SSSR count). The first-order valence-electron chi connectivity index (χ1n) is 6.59. The van der Waals surface area contributed by atoms with Crippen molar-refractivity contribution in [2.24, 2.45) is 5.92 Å². The Morgan fingerprint density at radius 3 is 2.84 bits per heavy atom. The summed E-state index contributed by atoms with van der Waals surface area (Å²) < 4.78 is 0. The number of rotatable bonds is 4. The minimum atomic E-state index is -0.187. The molecule has 0 radical (unpaired) electrons. The van der Waals surface area contributed by atoms with E-state index < -0.39 is 0 Å². The molecule has 0 aliphatic rings. The minimum absolute atomic E-state index is 0.00930. The first kappa shape index (κ1) is 15.3. The van der Waals surface area contributed by atoms with Crippen LogP contribution in [0.1, 0.15) is 37.8 Å². The molecule has 102 valence electrons. The van der Waals surface area contributed by atoms with Gasteiger partial charge in [-0.15, -0.1) is 0 Å². The smallest absolute Gasteiger partial charge is 0.227 e. The van der Waals surface area contributed by atoms with Gasteiger partial charge in [0.1, 0.15) is 6.61 Å². The van der Waals surface area contributed by atoms with E-state index in [1.165, 1.54) is 0 Å². The molecule has 0 saturated carbocycles. The molecule has 1 aromatic rings. The molecule has 1 aromatic carbocycles. The van der Waals surface area contributed by atoms with Gasteiger partial charge in [0.2, 0.25) is 5.91 Å². The average Bonchev–Trinajstić information content (AvgIpc) is 2.39. The maximum Gasteiger partial charge on any atom is 0.227 e. The summed E-state index contributed by atoms with van der Waals surface area (Å²) >= 11 is 0. The Hall–Kier alpha value is -1.79. The molecule has 0 aromatic heterocycles. The van der Waals surface area contributed by atoms with E-state index in [-0.39, 0.29) is 18.4 Å². The highest BCUT2D eigenvalue weighted by atomic mass is 16.2. The van der Waals surface area contributed by atoms with Gasteiger partial charge in [-0.25, -0.2) is 0 Å². The second-order valence-corrected chi connectivity index (χ2v) is 4.69. The standard InChI is InChI=1S/C16H21NO2/c1-4-6-13(3)16(19)17-15-9-8-12(2)11-14(15)7-5-10-18/h8-9,11,13,18H,4,6,10H2,1-3H3,(H,17,19). The van der Waals surface area contributed by atoms with Gasteiger partial charge in [0.05, 0.1) is 5.69 Å². The van der Waals surface area contributed by atoms with Crippen molar-refractivity contribution in [1.82, 2.24) is 0 Å². The molecule has 0 fully saturated rings. The van der Waals surface area contributed by atoms with E-state index in [2.05, 4.69) is 24.1 Å². The lowest BCUT2D eigenvalue weighted by Crippen LogP contribution is -2.20. The number of hydrogen-bond donors (Lipinski definition) is 2. The van der Waals surface area contributed by atoms with E-state index in [4.69, 9.17) is 5.11 Å². The lowest BCUT2D eigenvalue weighted by Gasteiger charge is -2.13. The first-order chi connectivity index (χ1) is 9.08. The molecular weight excluding hydrogens is 238 g/mol. The van der Waals surface area contributed by atoms with Gasteiger partial charge in [0.15, 0.2) is 0 Å². The number of benzene rings is 1. The highest BCUT2D eigenvalue weighted by molar-refractivity contribution is 5.93. The molecule has 1 amide bonds. The largest absolute Gasteiger partial charge is 0.384 e. The van der Waals surface area contributed by atoms with Crippen molar-refractivity contribution in [3.8, 4) is 11.8 Å². The summed E-state index contributed by atoms with van der Waals surface area (Å²) in [6.45, 7) is 5.77. The fourth-order valence-corrected chi connectivity index (χ4v) is 1.83. The zero-order valence-corrected chi connectivity index (χ0v) is 11.8. The van der Waals surface area contributed by atoms with Crippen LogP contribution < -0.4 is 5.32 Å². The van der Waals surface area contributed by atoms with E-state index in [1.54, 1.807) is 0 Å². The van der Waals surface area contributed by atoms with Crippen molar-refractivity contribution in [3.63, 3.8) is 0 Å². The summed E-state index contributed by atoms with van der Waals surface area (Å²) in [4.78, 5) is 12.0. The van der Waals surface area contributed by atoms with Gasteiger partial charge in [0, 0.05) is 11.5 Å². The highest BCUT2D eigenvalue weighted by Crippen LogP contribution is 2.18. The van der Waals surface area contributed by atoms with Crippen molar-refractivity contribution in [3.05, 3.63) is 29.3 Å². The first-order valence-corrected chi connectivity index (χ1v) is 6.59. The minimum Gasteiger partial charge on any atom is -0.384 e. The molecule has 19 heavy (non-hydrogen) atoms. The SMILES string of the molecule is CCCC(C)C(=O)Nc1ccc(C)cc1C#CCO. The Labute approximate surface area is 115 Å². The van der Waals surface area contributed by atoms with Crippen LogP contribution in [0.3, 0.4) is 0 Å². The van der Waals surface area contributed by atoms with Gasteiger partial charge < -0.3 is 10.4 Å². The third-order valence-electron chi connectivity index (χ3n) is 2.90. The van der Waals surface area contributed by atoms with Gasteiger partial charge in [-0.3, -0.25) is 4.79 Å². The van der Waals surface area contributed by atoms with Crippen LogP contribution in [-0.2, 0) is 4.79 Å². The maximum atomic E-state index is 12.0. The number of anilines is 1. The van der Waals surface area contributed by atoms with Crippen molar-refractivity contribution >= 4 is 11.6 Å². The summed E-state index contributed by atoms with van der Waals surface area (Å²) in [6, 6.07) is 5.69. The van der Waals surface area contributed by atoms with Crippen LogP contribution in [0.25, 0.3) is 0 Å². The highest BCUT2D eigenvalue weighted by Gasteiger charge is 2.13. The van der Waals surface area contributed by atoms with Crippen LogP contribution in [0.5, 0.6) is 0 Å². The van der Waals surface area contributed by atoms with E-state index in [0.29, 0.717) is 5.69 Å². The zero-order chi connectivity index (χ0) is 14.3. The number of carbonyl (C=O) groups is 1. The van der Waals surface area contributed by atoms with Crippen molar-refractivity contribution < 1.29 is 9.90 Å². The third-order valence-corrected chi connectivity index (χ3v) is 2.90. The van der Waals surface area contributed by atoms with Crippen LogP contribution >= 0.6 is 0 Å². The molecule has 2 N–H and O–H groups in total. The van der Waals surface area contributed by atoms with Crippen molar-refractivity contribution in [1.29, 1.82) is 0 Å². The van der Waals surface area contributed by atoms with E-state index in [0.717, 1.165) is 24.0 Å². The number of aliphatic hydroxyl groups is 1. The maximum absolute atomic E-state index is 12.0. The van der Waals surface area contributed by atoms with Gasteiger partial charge in [-0.1, -0.05) is 38.2 Å².